The molecule has 6 N–H and O–H groups in total. The summed E-state index contributed by atoms with van der Waals surface area (Å²) in [6.07, 6.45) is -2.00. The maximum absolute atomic E-state index is 11.2. The summed E-state index contributed by atoms with van der Waals surface area (Å²) in [7, 11) is -4.32. The van der Waals surface area contributed by atoms with E-state index in [-0.39, 0.29) is 0 Å². The number of carbonyl (C=O) groups is 1. The highest BCUT2D eigenvalue weighted by Crippen LogP contribution is 2.32. The van der Waals surface area contributed by atoms with Crippen LogP contribution in [0.25, 0.3) is 0 Å². The fourth-order valence-electron chi connectivity index (χ4n) is 1.43. The molecule has 0 fully saturated rings. The number of nitrogens with two attached hydrogens (primary N) is 1. The summed E-state index contributed by atoms with van der Waals surface area (Å²) >= 11 is 0. The third-order valence-corrected chi connectivity index (χ3v) is 2.88. The number of amides is 1. The van der Waals surface area contributed by atoms with Crippen LogP contribution in [-0.4, -0.2) is 33.1 Å². The summed E-state index contributed by atoms with van der Waals surface area (Å²) < 4.78 is 10.7. The minimum absolute atomic E-state index is 0.430. The molecule has 2 unspecified atom stereocenters. The lowest BCUT2D eigenvalue weighted by Gasteiger charge is -2.21. The van der Waals surface area contributed by atoms with Crippen LogP contribution in [-0.2, 0) is 9.36 Å². The first-order valence-corrected chi connectivity index (χ1v) is 6.91. The van der Waals surface area contributed by atoms with Crippen molar-refractivity contribution in [2.24, 2.45) is 5.73 Å². The Morgan fingerprint density at radius 2 is 1.89 bits per heavy atom. The zero-order valence-corrected chi connectivity index (χ0v) is 10.3. The molecule has 0 aliphatic heterocycles. The Bertz CT molecular complexity index is 447. The van der Waals surface area contributed by atoms with Crippen LogP contribution in [0.5, 0.6) is 0 Å². The van der Waals surface area contributed by atoms with Crippen molar-refractivity contribution in [3.05, 3.63) is 35.9 Å². The van der Waals surface area contributed by atoms with E-state index < -0.39 is 31.9 Å². The molecule has 7 nitrogen and oxygen atoms in total. The van der Waals surface area contributed by atoms with Crippen molar-refractivity contribution in [1.29, 1.82) is 0 Å². The Hall–Kier alpha value is -1.24. The van der Waals surface area contributed by atoms with Gasteiger partial charge in [-0.2, -0.15) is 0 Å². The van der Waals surface area contributed by atoms with Gasteiger partial charge in [0.15, 0.2) is 0 Å². The molecular weight excluding hydrogens is 259 g/mol. The van der Waals surface area contributed by atoms with Crippen molar-refractivity contribution in [2.45, 2.75) is 12.1 Å². The summed E-state index contributed by atoms with van der Waals surface area (Å²) in [6, 6.07) is 6.97. The lowest BCUT2D eigenvalue weighted by atomic mass is 10.0. The number of benzene rings is 1. The molecule has 1 amide bonds. The zero-order valence-electron chi connectivity index (χ0n) is 9.43. The fourth-order valence-corrected chi connectivity index (χ4v) is 1.86. The van der Waals surface area contributed by atoms with Crippen molar-refractivity contribution < 1.29 is 24.3 Å². The third-order valence-electron chi connectivity index (χ3n) is 2.28. The van der Waals surface area contributed by atoms with Gasteiger partial charge in [0.05, 0.1) is 6.29 Å². The van der Waals surface area contributed by atoms with Crippen LogP contribution in [0.3, 0.4) is 0 Å². The molecule has 0 aliphatic rings. The number of carbonyl (C=O) groups excluding carboxylic acids is 1. The van der Waals surface area contributed by atoms with Gasteiger partial charge < -0.3 is 20.6 Å². The molecule has 8 heteroatoms. The Labute approximate surface area is 104 Å². The van der Waals surface area contributed by atoms with Crippen LogP contribution in [0.1, 0.15) is 11.7 Å². The topological polar surface area (TPSA) is 133 Å². The van der Waals surface area contributed by atoms with Gasteiger partial charge in [-0.05, 0) is 5.56 Å². The second-order valence-corrected chi connectivity index (χ2v) is 5.41. The molecule has 1 rings (SSSR count). The van der Waals surface area contributed by atoms with E-state index in [1.165, 1.54) is 0 Å². The lowest BCUT2D eigenvalue weighted by molar-refractivity contribution is -0.122. The van der Waals surface area contributed by atoms with E-state index >= 15 is 0 Å². The first-order valence-electron chi connectivity index (χ1n) is 5.11. The van der Waals surface area contributed by atoms with Gasteiger partial charge in [0.2, 0.25) is 5.91 Å². The van der Waals surface area contributed by atoms with E-state index in [0.717, 1.165) is 0 Å². The van der Waals surface area contributed by atoms with Crippen molar-refractivity contribution in [3.63, 3.8) is 0 Å². The molecule has 1 aromatic rings. The minimum Gasteiger partial charge on any atom is -0.386 e. The van der Waals surface area contributed by atoms with Gasteiger partial charge >= 0.3 is 7.60 Å². The van der Waals surface area contributed by atoms with Crippen LogP contribution >= 0.6 is 7.60 Å². The van der Waals surface area contributed by atoms with Crippen LogP contribution in [0.4, 0.5) is 0 Å². The molecule has 18 heavy (non-hydrogen) atoms. The average molecular weight is 274 g/mol. The molecule has 1 aromatic carbocycles. The summed E-state index contributed by atoms with van der Waals surface area (Å²) in [5.41, 5.74) is 5.52. The molecule has 0 radical (unpaired) electrons. The molecule has 0 saturated carbocycles. The van der Waals surface area contributed by atoms with Crippen molar-refractivity contribution in [1.82, 2.24) is 5.32 Å². The Morgan fingerprint density at radius 3 is 2.33 bits per heavy atom. The molecule has 0 saturated heterocycles. The highest BCUT2D eigenvalue weighted by molar-refractivity contribution is 7.51. The van der Waals surface area contributed by atoms with Gasteiger partial charge in [-0.25, -0.2) is 0 Å². The number of hydrogen-bond donors (Lipinski definition) is 5. The van der Waals surface area contributed by atoms with Gasteiger partial charge in [0, 0.05) is 0 Å². The van der Waals surface area contributed by atoms with Crippen molar-refractivity contribution in [2.75, 3.05) is 6.29 Å². The summed E-state index contributed by atoms with van der Waals surface area (Å²) in [5, 5.41) is 12.2. The van der Waals surface area contributed by atoms with Crippen LogP contribution in [0.2, 0.25) is 0 Å². The highest BCUT2D eigenvalue weighted by atomic mass is 31.2. The molecule has 0 heterocycles. The van der Waals surface area contributed by atoms with Gasteiger partial charge in [0.25, 0.3) is 0 Å². The molecule has 100 valence electrons. The van der Waals surface area contributed by atoms with Crippen molar-refractivity contribution in [3.8, 4) is 0 Å². The first kappa shape index (κ1) is 14.8. The molecule has 0 spiro atoms. The van der Waals surface area contributed by atoms with Gasteiger partial charge in [-0.1, -0.05) is 30.3 Å². The molecule has 2 atom stereocenters. The predicted octanol–water partition coefficient (Wildman–Crippen LogP) is -0.701. The van der Waals surface area contributed by atoms with Crippen LogP contribution in [0.15, 0.2) is 30.3 Å². The zero-order chi connectivity index (χ0) is 13.8. The first-order chi connectivity index (χ1) is 8.31. The Morgan fingerprint density at radius 1 is 1.33 bits per heavy atom. The highest BCUT2D eigenvalue weighted by Gasteiger charge is 2.28. The van der Waals surface area contributed by atoms with Crippen molar-refractivity contribution >= 4 is 13.5 Å². The number of hydrogen-bond acceptors (Lipinski definition) is 4. The number of rotatable bonds is 6. The number of aliphatic hydroxyl groups excluding tert-OH is 1. The normalized spacial score (nSPS) is 15.1. The second-order valence-electron chi connectivity index (χ2n) is 3.76. The van der Waals surface area contributed by atoms with Crippen LogP contribution < -0.4 is 11.1 Å². The predicted molar refractivity (Wildman–Crippen MR) is 64.4 cm³/mol. The molecule has 0 aromatic heterocycles. The third kappa shape index (κ3) is 4.56. The maximum Gasteiger partial charge on any atom is 0.339 e. The summed E-state index contributed by atoms with van der Waals surface area (Å²) in [5.74, 6) is -0.889. The summed E-state index contributed by atoms with van der Waals surface area (Å²) in [6.45, 7) is 0. The van der Waals surface area contributed by atoms with E-state index in [1.807, 2.05) is 0 Å². The van der Waals surface area contributed by atoms with E-state index in [4.69, 9.17) is 15.5 Å². The average Bonchev–Trinajstić information content (AvgIpc) is 2.28. The van der Waals surface area contributed by atoms with E-state index in [1.54, 1.807) is 30.3 Å². The standard InChI is InChI=1S/C10H15N2O5P/c11-10(14)8(12-6-18(15,16)17)9(13)7-4-2-1-3-5-7/h1-5,8-9,12-13H,6H2,(H2,11,14)(H2,15,16,17). The second kappa shape index (κ2) is 6.08. The largest absolute Gasteiger partial charge is 0.386 e. The van der Waals surface area contributed by atoms with Gasteiger partial charge in [0.1, 0.15) is 12.1 Å². The SMILES string of the molecule is NC(=O)C(NCP(=O)(O)O)C(O)c1ccccc1. The van der Waals surface area contributed by atoms with Gasteiger partial charge in [-0.3, -0.25) is 14.7 Å². The van der Waals surface area contributed by atoms with E-state index in [0.29, 0.717) is 5.56 Å². The maximum atomic E-state index is 11.2. The lowest BCUT2D eigenvalue weighted by Crippen LogP contribution is -2.45. The monoisotopic (exact) mass is 274 g/mol. The Balaban J connectivity index is 2.79. The van der Waals surface area contributed by atoms with E-state index in [2.05, 4.69) is 5.32 Å². The number of primary amides is 1. The molecule has 0 aliphatic carbocycles. The molecule has 0 bridgehead atoms. The Kier molecular flexibility index (Phi) is 5.01. The molecular formula is C10H15N2O5P. The van der Waals surface area contributed by atoms with E-state index in [9.17, 15) is 14.5 Å². The summed E-state index contributed by atoms with van der Waals surface area (Å²) in [4.78, 5) is 28.6. The fraction of sp³-hybridized carbons (Fsp3) is 0.300. The van der Waals surface area contributed by atoms with Gasteiger partial charge in [-0.15, -0.1) is 0 Å². The minimum atomic E-state index is -4.32. The number of nitrogens with one attached hydrogen (secondary N) is 1. The quantitative estimate of drug-likeness (QED) is 0.436. The smallest absolute Gasteiger partial charge is 0.339 e. The number of aliphatic hydroxyl groups is 1. The van der Waals surface area contributed by atoms with Crippen LogP contribution in [0, 0.1) is 0 Å².